The van der Waals surface area contributed by atoms with Crippen molar-refractivity contribution in [1.29, 1.82) is 0 Å². The maximum atomic E-state index is 12.2. The predicted octanol–water partition coefficient (Wildman–Crippen LogP) is 2.31. The Balaban J connectivity index is 1.61. The average Bonchev–Trinajstić information content (AvgIpc) is 3.27. The van der Waals surface area contributed by atoms with Crippen LogP contribution in [0.3, 0.4) is 0 Å². The van der Waals surface area contributed by atoms with Crippen LogP contribution in [-0.4, -0.2) is 41.7 Å². The fourth-order valence-corrected chi connectivity index (χ4v) is 2.70. The number of H-pyrrole nitrogens is 1. The summed E-state index contributed by atoms with van der Waals surface area (Å²) in [6, 6.07) is 12.0. The van der Waals surface area contributed by atoms with Crippen molar-refractivity contribution in [3.63, 3.8) is 0 Å². The molecular weight excluding hydrogens is 348 g/mol. The van der Waals surface area contributed by atoms with Gasteiger partial charge in [-0.1, -0.05) is 12.1 Å². The number of nitrogens with one attached hydrogen (secondary N) is 2. The fraction of sp³-hybridized carbons (Fsp3) is 0.0556. The Hall–Kier alpha value is -4.01. The third kappa shape index (κ3) is 3.13. The Labute approximate surface area is 152 Å². The molecule has 0 radical (unpaired) electrons. The number of aromatic carboxylic acids is 1. The molecule has 1 amide bonds. The molecule has 0 saturated heterocycles. The molecule has 0 spiro atoms. The van der Waals surface area contributed by atoms with Gasteiger partial charge in [0.25, 0.3) is 5.91 Å². The first-order valence-electron chi connectivity index (χ1n) is 8.00. The molecule has 3 aromatic heterocycles. The number of aryl methyl sites for hydroxylation is 1. The second-order valence-electron chi connectivity index (χ2n) is 5.86. The highest BCUT2D eigenvalue weighted by Gasteiger charge is 2.13. The van der Waals surface area contributed by atoms with Crippen LogP contribution in [0.5, 0.6) is 0 Å². The monoisotopic (exact) mass is 362 g/mol. The van der Waals surface area contributed by atoms with E-state index in [2.05, 4.69) is 25.4 Å². The summed E-state index contributed by atoms with van der Waals surface area (Å²) in [5.74, 6) is -0.811. The van der Waals surface area contributed by atoms with Crippen LogP contribution in [0.15, 0.2) is 48.8 Å². The minimum absolute atomic E-state index is 0.183. The van der Waals surface area contributed by atoms with Gasteiger partial charge in [-0.3, -0.25) is 4.79 Å². The average molecular weight is 362 g/mol. The first-order chi connectivity index (χ1) is 13.0. The van der Waals surface area contributed by atoms with Gasteiger partial charge in [0.2, 0.25) is 5.82 Å². The molecular formula is C18H14N6O3. The number of aromatic amines is 1. The van der Waals surface area contributed by atoms with Crippen LogP contribution < -0.4 is 5.32 Å². The number of aromatic nitrogens is 5. The van der Waals surface area contributed by atoms with Gasteiger partial charge in [-0.25, -0.2) is 19.4 Å². The minimum Gasteiger partial charge on any atom is -0.478 e. The molecule has 0 saturated carbocycles. The SMILES string of the molecule is Cn1ncnc1C(=O)Nc1ccc2cc(-c3ccc(C(=O)O)cc3)[nH]c2n1. The van der Waals surface area contributed by atoms with Crippen LogP contribution >= 0.6 is 0 Å². The van der Waals surface area contributed by atoms with Crippen LogP contribution in [0, 0.1) is 0 Å². The van der Waals surface area contributed by atoms with Crippen molar-refractivity contribution in [1.82, 2.24) is 24.7 Å². The van der Waals surface area contributed by atoms with E-state index in [4.69, 9.17) is 5.11 Å². The molecule has 27 heavy (non-hydrogen) atoms. The number of fused-ring (bicyclic) bond motifs is 1. The molecule has 1 aromatic carbocycles. The molecule has 0 fully saturated rings. The maximum absolute atomic E-state index is 12.2. The van der Waals surface area contributed by atoms with Crippen LogP contribution in [0.1, 0.15) is 21.0 Å². The number of hydrogen-bond donors (Lipinski definition) is 3. The lowest BCUT2D eigenvalue weighted by atomic mass is 10.1. The molecule has 4 rings (SSSR count). The molecule has 0 aliphatic carbocycles. The highest BCUT2D eigenvalue weighted by atomic mass is 16.4. The lowest BCUT2D eigenvalue weighted by molar-refractivity contribution is 0.0696. The predicted molar refractivity (Wildman–Crippen MR) is 97.4 cm³/mol. The van der Waals surface area contributed by atoms with Gasteiger partial charge in [-0.2, -0.15) is 5.10 Å². The second-order valence-corrected chi connectivity index (χ2v) is 5.86. The molecule has 0 atom stereocenters. The molecule has 4 aromatic rings. The number of amides is 1. The zero-order valence-electron chi connectivity index (χ0n) is 14.2. The van der Waals surface area contributed by atoms with Gasteiger partial charge < -0.3 is 15.4 Å². The normalized spacial score (nSPS) is 10.9. The Kier molecular flexibility index (Phi) is 3.88. The van der Waals surface area contributed by atoms with Gasteiger partial charge in [-0.05, 0) is 35.9 Å². The molecule has 3 heterocycles. The summed E-state index contributed by atoms with van der Waals surface area (Å²) in [7, 11) is 1.63. The minimum atomic E-state index is -0.969. The first kappa shape index (κ1) is 16.5. The van der Waals surface area contributed by atoms with E-state index < -0.39 is 11.9 Å². The number of nitrogens with zero attached hydrogens (tertiary/aromatic N) is 4. The summed E-state index contributed by atoms with van der Waals surface area (Å²) in [5, 5.41) is 16.4. The van der Waals surface area contributed by atoms with E-state index >= 15 is 0 Å². The number of pyridine rings is 1. The van der Waals surface area contributed by atoms with Crippen LogP contribution in [0.2, 0.25) is 0 Å². The van der Waals surface area contributed by atoms with E-state index in [9.17, 15) is 9.59 Å². The van der Waals surface area contributed by atoms with Gasteiger partial charge in [0.15, 0.2) is 0 Å². The molecule has 9 nitrogen and oxygen atoms in total. The summed E-state index contributed by atoms with van der Waals surface area (Å²) < 4.78 is 1.38. The van der Waals surface area contributed by atoms with Crippen molar-refractivity contribution in [2.75, 3.05) is 5.32 Å². The maximum Gasteiger partial charge on any atom is 0.335 e. The highest BCUT2D eigenvalue weighted by molar-refractivity contribution is 6.01. The van der Waals surface area contributed by atoms with Crippen molar-refractivity contribution >= 4 is 28.7 Å². The largest absolute Gasteiger partial charge is 0.478 e. The zero-order chi connectivity index (χ0) is 19.0. The van der Waals surface area contributed by atoms with Crippen molar-refractivity contribution in [2.24, 2.45) is 7.05 Å². The molecule has 134 valence electrons. The van der Waals surface area contributed by atoms with E-state index in [1.165, 1.54) is 11.0 Å². The second kappa shape index (κ2) is 6.37. The van der Waals surface area contributed by atoms with Crippen LogP contribution in [-0.2, 0) is 7.05 Å². The van der Waals surface area contributed by atoms with Gasteiger partial charge in [0.1, 0.15) is 17.8 Å². The van der Waals surface area contributed by atoms with E-state index in [1.54, 1.807) is 37.4 Å². The number of hydrogen-bond acceptors (Lipinski definition) is 5. The molecule has 0 aliphatic rings. The lowest BCUT2D eigenvalue weighted by Gasteiger charge is -2.03. The smallest absolute Gasteiger partial charge is 0.335 e. The zero-order valence-corrected chi connectivity index (χ0v) is 14.2. The number of carboxylic acids is 1. The molecule has 0 unspecified atom stereocenters. The lowest BCUT2D eigenvalue weighted by Crippen LogP contribution is -2.18. The standard InChI is InChI=1S/C18H14N6O3/c1-24-16(19-9-20-24)17(25)23-14-7-6-12-8-13(21-15(12)22-14)10-2-4-11(5-3-10)18(26)27/h2-9H,1H3,(H,26,27)(H2,21,22,23,25). The number of carbonyl (C=O) groups excluding carboxylic acids is 1. The summed E-state index contributed by atoms with van der Waals surface area (Å²) in [6.07, 6.45) is 1.30. The third-order valence-corrected chi connectivity index (χ3v) is 4.08. The quantitative estimate of drug-likeness (QED) is 0.511. The topological polar surface area (TPSA) is 126 Å². The first-order valence-corrected chi connectivity index (χ1v) is 8.00. The summed E-state index contributed by atoms with van der Waals surface area (Å²) in [5.41, 5.74) is 2.46. The Morgan fingerprint density at radius 1 is 1.15 bits per heavy atom. The van der Waals surface area contributed by atoms with Gasteiger partial charge >= 0.3 is 5.97 Å². The van der Waals surface area contributed by atoms with Gasteiger partial charge in [-0.15, -0.1) is 0 Å². The molecule has 9 heteroatoms. The third-order valence-electron chi connectivity index (χ3n) is 4.08. The van der Waals surface area contributed by atoms with Crippen molar-refractivity contribution < 1.29 is 14.7 Å². The summed E-state index contributed by atoms with van der Waals surface area (Å²) in [6.45, 7) is 0. The highest BCUT2D eigenvalue weighted by Crippen LogP contribution is 2.24. The summed E-state index contributed by atoms with van der Waals surface area (Å²) >= 11 is 0. The number of anilines is 1. The molecule has 0 aliphatic heterocycles. The van der Waals surface area contributed by atoms with E-state index in [1.807, 2.05) is 12.1 Å². The fourth-order valence-electron chi connectivity index (χ4n) is 2.70. The molecule has 0 bridgehead atoms. The van der Waals surface area contributed by atoms with Crippen LogP contribution in [0.25, 0.3) is 22.3 Å². The van der Waals surface area contributed by atoms with Crippen molar-refractivity contribution in [3.8, 4) is 11.3 Å². The number of carboxylic acid groups (broad SMARTS) is 1. The Bertz CT molecular complexity index is 1160. The van der Waals surface area contributed by atoms with E-state index in [0.717, 1.165) is 16.6 Å². The molecule has 3 N–H and O–H groups in total. The van der Waals surface area contributed by atoms with Crippen LogP contribution in [0.4, 0.5) is 5.82 Å². The summed E-state index contributed by atoms with van der Waals surface area (Å²) in [4.78, 5) is 34.7. The Morgan fingerprint density at radius 3 is 2.59 bits per heavy atom. The van der Waals surface area contributed by atoms with Crippen molar-refractivity contribution in [3.05, 3.63) is 60.2 Å². The van der Waals surface area contributed by atoms with E-state index in [0.29, 0.717) is 11.5 Å². The van der Waals surface area contributed by atoms with Crippen molar-refractivity contribution in [2.45, 2.75) is 0 Å². The Morgan fingerprint density at radius 2 is 1.93 bits per heavy atom. The number of rotatable bonds is 4. The number of benzene rings is 1. The van der Waals surface area contributed by atoms with Gasteiger partial charge in [0, 0.05) is 18.1 Å². The van der Waals surface area contributed by atoms with Gasteiger partial charge in [0.05, 0.1) is 5.56 Å². The number of carbonyl (C=O) groups is 2. The van der Waals surface area contributed by atoms with E-state index in [-0.39, 0.29) is 11.4 Å².